The lowest BCUT2D eigenvalue weighted by Crippen LogP contribution is -2.43. The smallest absolute Gasteiger partial charge is 0.293 e. The van der Waals surface area contributed by atoms with Gasteiger partial charge in [0.2, 0.25) is 5.91 Å². The average molecular weight is 409 g/mol. The van der Waals surface area contributed by atoms with Crippen molar-refractivity contribution < 1.29 is 24.2 Å². The summed E-state index contributed by atoms with van der Waals surface area (Å²) in [4.78, 5) is 38.0. The fourth-order valence-electron chi connectivity index (χ4n) is 2.72. The van der Waals surface area contributed by atoms with E-state index in [2.05, 4.69) is 5.32 Å². The highest BCUT2D eigenvalue weighted by molar-refractivity contribution is 8.18. The number of hydrogen-bond donors (Lipinski definition) is 2. The van der Waals surface area contributed by atoms with Gasteiger partial charge in [0.25, 0.3) is 11.1 Å². The van der Waals surface area contributed by atoms with Crippen molar-refractivity contribution >= 4 is 46.7 Å². The van der Waals surface area contributed by atoms with Gasteiger partial charge in [0.1, 0.15) is 5.75 Å². The number of ether oxygens (including phenoxy) is 1. The Bertz CT molecular complexity index is 766. The molecule has 0 saturated carbocycles. The largest absolute Gasteiger partial charge is 0.497 e. The molecule has 0 aliphatic carbocycles. The molecule has 2 atom stereocenters. The molecule has 0 aromatic heterocycles. The number of amides is 3. The molecule has 2 fully saturated rings. The minimum Gasteiger partial charge on any atom is -0.497 e. The van der Waals surface area contributed by atoms with Crippen LogP contribution in [0.15, 0.2) is 29.2 Å². The van der Waals surface area contributed by atoms with Crippen molar-refractivity contribution in [3.63, 3.8) is 0 Å². The van der Waals surface area contributed by atoms with Crippen LogP contribution in [0.3, 0.4) is 0 Å². The van der Waals surface area contributed by atoms with E-state index in [0.717, 1.165) is 22.2 Å². The van der Waals surface area contributed by atoms with Crippen LogP contribution >= 0.6 is 23.5 Å². The number of benzene rings is 1. The van der Waals surface area contributed by atoms with E-state index in [1.54, 1.807) is 49.2 Å². The van der Waals surface area contributed by atoms with Crippen molar-refractivity contribution in [1.82, 2.24) is 10.2 Å². The maximum Gasteiger partial charge on any atom is 0.293 e. The van der Waals surface area contributed by atoms with Gasteiger partial charge in [-0.25, -0.2) is 0 Å². The molecule has 2 N–H and O–H groups in total. The van der Waals surface area contributed by atoms with Crippen LogP contribution in [0.4, 0.5) is 4.79 Å². The molecule has 2 heterocycles. The molecule has 7 nitrogen and oxygen atoms in total. The molecule has 2 aliphatic rings. The molecule has 3 amide bonds. The van der Waals surface area contributed by atoms with Crippen LogP contribution in [0.25, 0.3) is 6.08 Å². The van der Waals surface area contributed by atoms with E-state index < -0.39 is 12.0 Å². The number of nitrogens with one attached hydrogen (secondary N) is 1. The SMILES string of the molecule is COc1ccc(/C=C2\SC(=O)N(CCC(=O)N[C@@H]3CSC[C@H]3O)C2=O)cc1. The van der Waals surface area contributed by atoms with E-state index in [9.17, 15) is 19.5 Å². The predicted molar refractivity (Wildman–Crippen MR) is 106 cm³/mol. The molecule has 0 radical (unpaired) electrons. The van der Waals surface area contributed by atoms with Crippen LogP contribution in [-0.2, 0) is 9.59 Å². The van der Waals surface area contributed by atoms with Crippen LogP contribution in [0, 0.1) is 0 Å². The Morgan fingerprint density at radius 1 is 1.33 bits per heavy atom. The molecule has 0 spiro atoms. The molecule has 0 bridgehead atoms. The van der Waals surface area contributed by atoms with Gasteiger partial charge in [-0.3, -0.25) is 19.3 Å². The molecule has 144 valence electrons. The van der Waals surface area contributed by atoms with Crippen molar-refractivity contribution in [1.29, 1.82) is 0 Å². The minimum absolute atomic E-state index is 0.0156. The monoisotopic (exact) mass is 408 g/mol. The van der Waals surface area contributed by atoms with Crippen LogP contribution in [-0.4, -0.2) is 64.4 Å². The number of imide groups is 1. The lowest BCUT2D eigenvalue weighted by Gasteiger charge is -2.17. The molecule has 0 unspecified atom stereocenters. The zero-order valence-corrected chi connectivity index (χ0v) is 16.3. The summed E-state index contributed by atoms with van der Waals surface area (Å²) in [5, 5.41) is 12.1. The quantitative estimate of drug-likeness (QED) is 0.692. The third kappa shape index (κ3) is 4.85. The Kier molecular flexibility index (Phi) is 6.46. The first-order valence-electron chi connectivity index (χ1n) is 8.42. The number of carbonyl (C=O) groups is 3. The highest BCUT2D eigenvalue weighted by Crippen LogP contribution is 2.32. The molecular formula is C18H20N2O5S2. The highest BCUT2D eigenvalue weighted by Gasteiger charge is 2.35. The maximum absolute atomic E-state index is 12.5. The fraction of sp³-hybridized carbons (Fsp3) is 0.389. The number of aliphatic hydroxyl groups excluding tert-OH is 1. The van der Waals surface area contributed by atoms with Gasteiger partial charge in [0.05, 0.1) is 24.2 Å². The Morgan fingerprint density at radius 3 is 2.70 bits per heavy atom. The Hall–Kier alpha value is -1.97. The summed E-state index contributed by atoms with van der Waals surface area (Å²) in [6.45, 7) is 0.0202. The topological polar surface area (TPSA) is 95.9 Å². The molecule has 1 aromatic rings. The standard InChI is InChI=1S/C18H20N2O5S2/c1-25-12-4-2-11(3-5-12)8-15-17(23)20(18(24)27-15)7-6-16(22)19-13-9-26-10-14(13)21/h2-5,8,13-14,21H,6-7,9-10H2,1H3,(H,19,22)/b15-8-/t13-,14-/m1/s1. The molecular weight excluding hydrogens is 388 g/mol. The summed E-state index contributed by atoms with van der Waals surface area (Å²) < 4.78 is 5.09. The van der Waals surface area contributed by atoms with Crippen molar-refractivity contribution in [2.24, 2.45) is 0 Å². The Labute approximate surface area is 165 Å². The number of thioether (sulfide) groups is 2. The third-order valence-corrected chi connectivity index (χ3v) is 6.33. The van der Waals surface area contributed by atoms with E-state index in [1.807, 2.05) is 0 Å². The molecule has 3 rings (SSSR count). The normalized spacial score (nSPS) is 23.9. The van der Waals surface area contributed by atoms with Gasteiger partial charge >= 0.3 is 0 Å². The van der Waals surface area contributed by atoms with Crippen molar-refractivity contribution in [2.45, 2.75) is 18.6 Å². The number of methoxy groups -OCH3 is 1. The first-order valence-corrected chi connectivity index (χ1v) is 10.4. The van der Waals surface area contributed by atoms with Gasteiger partial charge in [-0.15, -0.1) is 0 Å². The summed E-state index contributed by atoms with van der Waals surface area (Å²) >= 11 is 2.44. The molecule has 2 aliphatic heterocycles. The lowest BCUT2D eigenvalue weighted by molar-refractivity contribution is -0.124. The average Bonchev–Trinajstić information content (AvgIpc) is 3.17. The molecule has 9 heteroatoms. The Balaban J connectivity index is 1.57. The van der Waals surface area contributed by atoms with Gasteiger partial charge in [-0.1, -0.05) is 12.1 Å². The predicted octanol–water partition coefficient (Wildman–Crippen LogP) is 1.71. The number of hydrogen-bond acceptors (Lipinski definition) is 7. The van der Waals surface area contributed by atoms with Crippen LogP contribution in [0.5, 0.6) is 5.75 Å². The number of rotatable bonds is 6. The third-order valence-electron chi connectivity index (χ3n) is 4.25. The van der Waals surface area contributed by atoms with Crippen LogP contribution < -0.4 is 10.1 Å². The van der Waals surface area contributed by atoms with Gasteiger partial charge in [-0.05, 0) is 35.5 Å². The van der Waals surface area contributed by atoms with Gasteiger partial charge in [0.15, 0.2) is 0 Å². The van der Waals surface area contributed by atoms with Crippen LogP contribution in [0.2, 0.25) is 0 Å². The number of nitrogens with zero attached hydrogens (tertiary/aromatic N) is 1. The molecule has 1 aromatic carbocycles. The van der Waals surface area contributed by atoms with Gasteiger partial charge in [-0.2, -0.15) is 11.8 Å². The first kappa shape index (κ1) is 19.8. The zero-order chi connectivity index (χ0) is 19.4. The van der Waals surface area contributed by atoms with Crippen molar-refractivity contribution in [3.8, 4) is 5.75 Å². The number of carbonyl (C=O) groups excluding carboxylic acids is 3. The summed E-state index contributed by atoms with van der Waals surface area (Å²) in [7, 11) is 1.57. The van der Waals surface area contributed by atoms with Crippen LogP contribution in [0.1, 0.15) is 12.0 Å². The van der Waals surface area contributed by atoms with E-state index in [0.29, 0.717) is 22.2 Å². The van der Waals surface area contributed by atoms with E-state index in [4.69, 9.17) is 4.74 Å². The fourth-order valence-corrected chi connectivity index (χ4v) is 4.75. The second-order valence-electron chi connectivity index (χ2n) is 6.14. The summed E-state index contributed by atoms with van der Waals surface area (Å²) in [5.74, 6) is 1.30. The second-order valence-corrected chi connectivity index (χ2v) is 8.20. The lowest BCUT2D eigenvalue weighted by atomic mass is 10.2. The first-order chi connectivity index (χ1) is 13.0. The summed E-state index contributed by atoms with van der Waals surface area (Å²) in [5.41, 5.74) is 0.784. The van der Waals surface area contributed by atoms with Gasteiger partial charge < -0.3 is 15.2 Å². The van der Waals surface area contributed by atoms with E-state index in [1.165, 1.54) is 0 Å². The Morgan fingerprint density at radius 2 is 2.07 bits per heavy atom. The van der Waals surface area contributed by atoms with E-state index >= 15 is 0 Å². The minimum atomic E-state index is -0.552. The zero-order valence-electron chi connectivity index (χ0n) is 14.7. The highest BCUT2D eigenvalue weighted by atomic mass is 32.2. The van der Waals surface area contributed by atoms with Crippen molar-refractivity contribution in [3.05, 3.63) is 34.7 Å². The molecule has 27 heavy (non-hydrogen) atoms. The summed E-state index contributed by atoms with van der Waals surface area (Å²) in [6, 6.07) is 6.87. The summed E-state index contributed by atoms with van der Waals surface area (Å²) in [6.07, 6.45) is 1.11. The maximum atomic E-state index is 12.5. The van der Waals surface area contributed by atoms with Crippen molar-refractivity contribution in [2.75, 3.05) is 25.2 Å². The van der Waals surface area contributed by atoms with E-state index in [-0.39, 0.29) is 30.2 Å². The number of aliphatic hydroxyl groups is 1. The molecule has 2 saturated heterocycles. The van der Waals surface area contributed by atoms with Gasteiger partial charge in [0, 0.05) is 24.5 Å². The second kappa shape index (κ2) is 8.81.